The molecule has 0 amide bonds. The molecule has 0 aliphatic carbocycles. The molecular formula is C24H32N4O3S2. The van der Waals surface area contributed by atoms with Gasteiger partial charge in [0.1, 0.15) is 0 Å². The Balaban J connectivity index is 1.45. The summed E-state index contributed by atoms with van der Waals surface area (Å²) < 4.78 is 27.9. The van der Waals surface area contributed by atoms with Crippen molar-refractivity contribution < 1.29 is 13.2 Å². The molecular weight excluding hydrogens is 456 g/mol. The zero-order chi connectivity index (χ0) is 23.9. The summed E-state index contributed by atoms with van der Waals surface area (Å²) in [7, 11) is -1.03. The number of thiophene rings is 1. The van der Waals surface area contributed by atoms with E-state index in [2.05, 4.69) is 21.1 Å². The van der Waals surface area contributed by atoms with E-state index in [1.807, 2.05) is 56.5 Å². The van der Waals surface area contributed by atoms with Crippen molar-refractivity contribution in [3.63, 3.8) is 0 Å². The molecule has 0 radical (unpaired) electrons. The van der Waals surface area contributed by atoms with Crippen LogP contribution in [0.25, 0.3) is 0 Å². The van der Waals surface area contributed by atoms with Crippen molar-refractivity contribution >= 4 is 27.0 Å². The fourth-order valence-corrected chi connectivity index (χ4v) is 7.18. The van der Waals surface area contributed by atoms with Gasteiger partial charge in [0.15, 0.2) is 15.6 Å². The molecule has 1 aliphatic heterocycles. The molecule has 4 heterocycles. The van der Waals surface area contributed by atoms with Crippen molar-refractivity contribution in [3.05, 3.63) is 62.4 Å². The van der Waals surface area contributed by atoms with E-state index >= 15 is 0 Å². The minimum absolute atomic E-state index is 0.0943. The van der Waals surface area contributed by atoms with Crippen LogP contribution in [-0.2, 0) is 22.9 Å². The second-order valence-corrected chi connectivity index (χ2v) is 12.5. The largest absolute Gasteiger partial charge is 0.343 e. The minimum atomic E-state index is -2.97. The number of carbonyl (C=O) groups excluding carboxylic acids is 1. The van der Waals surface area contributed by atoms with Crippen LogP contribution in [0.2, 0.25) is 0 Å². The van der Waals surface area contributed by atoms with Crippen molar-refractivity contribution in [3.8, 4) is 0 Å². The number of carbonyl (C=O) groups is 1. The lowest BCUT2D eigenvalue weighted by molar-refractivity contribution is 0.0942. The zero-order valence-corrected chi connectivity index (χ0v) is 21.6. The smallest absolute Gasteiger partial charge is 0.178 e. The molecule has 0 N–H and O–H groups in total. The molecule has 9 heteroatoms. The van der Waals surface area contributed by atoms with Crippen molar-refractivity contribution in [2.75, 3.05) is 25.1 Å². The summed E-state index contributed by atoms with van der Waals surface area (Å²) in [6, 6.07) is 6.06. The number of ketones is 1. The molecule has 1 fully saturated rings. The highest BCUT2D eigenvalue weighted by molar-refractivity contribution is 7.91. The molecule has 3 aromatic heterocycles. The first-order chi connectivity index (χ1) is 15.6. The van der Waals surface area contributed by atoms with E-state index in [0.29, 0.717) is 19.5 Å². The Bertz CT molecular complexity index is 1270. The Labute approximate surface area is 199 Å². The number of rotatable bonds is 8. The highest BCUT2D eigenvalue weighted by atomic mass is 32.2. The van der Waals surface area contributed by atoms with Gasteiger partial charge in [0.05, 0.1) is 36.3 Å². The van der Waals surface area contributed by atoms with Gasteiger partial charge in [0.2, 0.25) is 0 Å². The van der Waals surface area contributed by atoms with Gasteiger partial charge in [-0.3, -0.25) is 14.4 Å². The zero-order valence-electron chi connectivity index (χ0n) is 20.0. The Morgan fingerprint density at radius 2 is 2.00 bits per heavy atom. The van der Waals surface area contributed by atoms with E-state index in [1.54, 1.807) is 11.3 Å². The quantitative estimate of drug-likeness (QED) is 0.452. The highest BCUT2D eigenvalue weighted by Crippen LogP contribution is 2.27. The molecule has 0 bridgehead atoms. The number of likely N-dealkylation sites (N-methyl/N-ethyl adjacent to an activating group) is 1. The van der Waals surface area contributed by atoms with Gasteiger partial charge in [0, 0.05) is 39.6 Å². The number of aromatic nitrogens is 3. The lowest BCUT2D eigenvalue weighted by Gasteiger charge is -2.17. The minimum Gasteiger partial charge on any atom is -0.343 e. The molecule has 0 aromatic carbocycles. The number of nitrogens with zero attached hydrogens (tertiary/aromatic N) is 4. The predicted molar refractivity (Wildman–Crippen MR) is 132 cm³/mol. The van der Waals surface area contributed by atoms with Crippen LogP contribution in [0, 0.1) is 27.7 Å². The first-order valence-corrected chi connectivity index (χ1v) is 13.9. The summed E-state index contributed by atoms with van der Waals surface area (Å²) in [5, 5.41) is 6.72. The van der Waals surface area contributed by atoms with E-state index in [1.165, 1.54) is 4.88 Å². The van der Waals surface area contributed by atoms with Crippen molar-refractivity contribution in [1.29, 1.82) is 0 Å². The number of Topliss-reactive ketones (excluding diaryl/α,β-unsaturated/α-hetero) is 1. The SMILES string of the molecule is Cc1nn(C2CCS(=O)(=O)C2)c(C)c1CN(C)CC(=O)c1cc(C)n(Cc2cccs2)c1C. The van der Waals surface area contributed by atoms with Crippen molar-refractivity contribution in [2.24, 2.45) is 0 Å². The molecule has 3 aromatic rings. The summed E-state index contributed by atoms with van der Waals surface area (Å²) in [6.45, 7) is 9.70. The number of hydrogen-bond acceptors (Lipinski definition) is 6. The van der Waals surface area contributed by atoms with Gasteiger partial charge >= 0.3 is 0 Å². The van der Waals surface area contributed by atoms with Crippen LogP contribution in [0.4, 0.5) is 0 Å². The van der Waals surface area contributed by atoms with E-state index < -0.39 is 9.84 Å². The first-order valence-electron chi connectivity index (χ1n) is 11.2. The van der Waals surface area contributed by atoms with Gasteiger partial charge in [-0.25, -0.2) is 8.42 Å². The number of sulfone groups is 1. The lowest BCUT2D eigenvalue weighted by atomic mass is 10.1. The molecule has 4 rings (SSSR count). The molecule has 1 saturated heterocycles. The normalized spacial score (nSPS) is 17.8. The fraction of sp³-hybridized carbons (Fsp3) is 0.500. The Hall–Kier alpha value is -2.23. The van der Waals surface area contributed by atoms with Crippen LogP contribution in [-0.4, -0.2) is 58.5 Å². The maximum absolute atomic E-state index is 13.1. The topological polar surface area (TPSA) is 77.2 Å². The average molecular weight is 489 g/mol. The standard InChI is InChI=1S/C24H32N4O3S2/c1-16-11-22(18(3)27(16)12-21-7-6-9-32-21)24(29)14-26(5)13-23-17(2)25-28(19(23)4)20-8-10-33(30,31)15-20/h6-7,9,11,20H,8,10,12-15H2,1-5H3. The molecule has 0 saturated carbocycles. The molecule has 1 atom stereocenters. The van der Waals surface area contributed by atoms with Gasteiger partial charge in [-0.2, -0.15) is 5.10 Å². The fourth-order valence-electron chi connectivity index (χ4n) is 4.79. The molecule has 0 spiro atoms. The maximum atomic E-state index is 13.1. The van der Waals surface area contributed by atoms with E-state index in [-0.39, 0.29) is 23.3 Å². The second-order valence-electron chi connectivity index (χ2n) is 9.20. The predicted octanol–water partition coefficient (Wildman–Crippen LogP) is 3.70. The van der Waals surface area contributed by atoms with Crippen LogP contribution < -0.4 is 0 Å². The number of hydrogen-bond donors (Lipinski definition) is 0. The molecule has 33 heavy (non-hydrogen) atoms. The molecule has 7 nitrogen and oxygen atoms in total. The van der Waals surface area contributed by atoms with Crippen LogP contribution in [0.5, 0.6) is 0 Å². The number of aryl methyl sites for hydroxylation is 2. The van der Waals surface area contributed by atoms with Crippen LogP contribution in [0.1, 0.15) is 56.0 Å². The van der Waals surface area contributed by atoms with Gasteiger partial charge in [-0.15, -0.1) is 11.3 Å². The summed E-state index contributed by atoms with van der Waals surface area (Å²) >= 11 is 1.72. The molecule has 1 aliphatic rings. The summed E-state index contributed by atoms with van der Waals surface area (Å²) in [5.41, 5.74) is 5.82. The van der Waals surface area contributed by atoms with E-state index in [9.17, 15) is 13.2 Å². The lowest BCUT2D eigenvalue weighted by Crippen LogP contribution is -2.26. The van der Waals surface area contributed by atoms with E-state index in [0.717, 1.165) is 40.4 Å². The monoisotopic (exact) mass is 488 g/mol. The third-order valence-electron chi connectivity index (χ3n) is 6.64. The van der Waals surface area contributed by atoms with E-state index in [4.69, 9.17) is 0 Å². The van der Waals surface area contributed by atoms with Gasteiger partial charge < -0.3 is 4.57 Å². The highest BCUT2D eigenvalue weighted by Gasteiger charge is 2.31. The van der Waals surface area contributed by atoms with Gasteiger partial charge in [0.25, 0.3) is 0 Å². The summed E-state index contributed by atoms with van der Waals surface area (Å²) in [5.74, 6) is 0.488. The third-order valence-corrected chi connectivity index (χ3v) is 9.25. The van der Waals surface area contributed by atoms with Gasteiger partial charge in [-0.05, 0) is 58.7 Å². The molecule has 178 valence electrons. The third kappa shape index (κ3) is 5.00. The maximum Gasteiger partial charge on any atom is 0.178 e. The van der Waals surface area contributed by atoms with Crippen molar-refractivity contribution in [1.82, 2.24) is 19.2 Å². The summed E-state index contributed by atoms with van der Waals surface area (Å²) in [4.78, 5) is 16.4. The Morgan fingerprint density at radius 1 is 1.24 bits per heavy atom. The van der Waals surface area contributed by atoms with Crippen LogP contribution in [0.3, 0.4) is 0 Å². The molecule has 1 unspecified atom stereocenters. The summed E-state index contributed by atoms with van der Waals surface area (Å²) in [6.07, 6.45) is 0.610. The Kier molecular flexibility index (Phi) is 6.66. The van der Waals surface area contributed by atoms with Crippen molar-refractivity contribution in [2.45, 2.75) is 53.2 Å². The van der Waals surface area contributed by atoms with Crippen LogP contribution in [0.15, 0.2) is 23.6 Å². The first kappa shape index (κ1) is 23.9. The Morgan fingerprint density at radius 3 is 2.64 bits per heavy atom. The average Bonchev–Trinajstić information content (AvgIpc) is 3.50. The second kappa shape index (κ2) is 9.19. The van der Waals surface area contributed by atoms with Gasteiger partial charge in [-0.1, -0.05) is 6.07 Å². The van der Waals surface area contributed by atoms with Crippen LogP contribution >= 0.6 is 11.3 Å².